The highest BCUT2D eigenvalue weighted by Crippen LogP contribution is 2.22. The first kappa shape index (κ1) is 14.2. The van der Waals surface area contributed by atoms with Crippen LogP contribution >= 0.6 is 11.8 Å². The zero-order chi connectivity index (χ0) is 14.5. The number of benzene rings is 2. The van der Waals surface area contributed by atoms with Crippen LogP contribution in [0.1, 0.15) is 28.8 Å². The van der Waals surface area contributed by atoms with Gasteiger partial charge in [-0.25, -0.2) is 0 Å². The van der Waals surface area contributed by atoms with E-state index in [0.29, 0.717) is 0 Å². The van der Waals surface area contributed by atoms with Crippen LogP contribution in [0.15, 0.2) is 59.5 Å². The molecule has 0 aromatic heterocycles. The molecule has 1 heterocycles. The summed E-state index contributed by atoms with van der Waals surface area (Å²) in [5.41, 5.74) is 2.06. The van der Waals surface area contributed by atoms with Gasteiger partial charge in [0.2, 0.25) is 0 Å². The van der Waals surface area contributed by atoms with Crippen molar-refractivity contribution in [2.24, 2.45) is 0 Å². The Morgan fingerprint density at radius 2 is 1.62 bits per heavy atom. The summed E-state index contributed by atoms with van der Waals surface area (Å²) in [5, 5.41) is 0. The summed E-state index contributed by atoms with van der Waals surface area (Å²) < 4.78 is 0. The highest BCUT2D eigenvalue weighted by Gasteiger charge is 2.18. The Hall–Kier alpha value is -1.74. The molecule has 2 nitrogen and oxygen atoms in total. The maximum atomic E-state index is 12.3. The molecule has 0 saturated carbocycles. The van der Waals surface area contributed by atoms with E-state index in [2.05, 4.69) is 36.4 Å². The van der Waals surface area contributed by atoms with Gasteiger partial charge in [-0.3, -0.25) is 4.79 Å². The fraction of sp³-hybridized carbons (Fsp3) is 0.278. The molecule has 1 saturated heterocycles. The van der Waals surface area contributed by atoms with Gasteiger partial charge in [0.05, 0.1) is 0 Å². The molecule has 21 heavy (non-hydrogen) atoms. The number of hydrogen-bond donors (Lipinski definition) is 0. The molecule has 1 aliphatic heterocycles. The van der Waals surface area contributed by atoms with Gasteiger partial charge in [0.15, 0.2) is 0 Å². The van der Waals surface area contributed by atoms with Gasteiger partial charge >= 0.3 is 0 Å². The monoisotopic (exact) mass is 297 g/mol. The molecule has 108 valence electrons. The van der Waals surface area contributed by atoms with E-state index in [4.69, 9.17) is 0 Å². The minimum absolute atomic E-state index is 0.176. The van der Waals surface area contributed by atoms with E-state index in [1.54, 1.807) is 0 Å². The molecule has 1 amide bonds. The van der Waals surface area contributed by atoms with Gasteiger partial charge in [-0.05, 0) is 42.7 Å². The van der Waals surface area contributed by atoms with Crippen LogP contribution in [0, 0.1) is 0 Å². The lowest BCUT2D eigenvalue weighted by Crippen LogP contribution is -2.27. The van der Waals surface area contributed by atoms with Crippen LogP contribution in [0.5, 0.6) is 0 Å². The Labute approximate surface area is 130 Å². The summed E-state index contributed by atoms with van der Waals surface area (Å²) in [6, 6.07) is 18.4. The van der Waals surface area contributed by atoms with Crippen LogP contribution in [0.3, 0.4) is 0 Å². The van der Waals surface area contributed by atoms with Gasteiger partial charge < -0.3 is 4.90 Å². The van der Waals surface area contributed by atoms with E-state index in [-0.39, 0.29) is 5.91 Å². The number of likely N-dealkylation sites (tertiary alicyclic amines) is 1. The summed E-state index contributed by atoms with van der Waals surface area (Å²) in [7, 11) is 0. The van der Waals surface area contributed by atoms with Crippen LogP contribution in [0.2, 0.25) is 0 Å². The average Bonchev–Trinajstić information content (AvgIpc) is 3.08. The Balaban J connectivity index is 1.60. The van der Waals surface area contributed by atoms with Crippen LogP contribution < -0.4 is 0 Å². The Bertz CT molecular complexity index is 588. The van der Waals surface area contributed by atoms with E-state index in [9.17, 15) is 4.79 Å². The molecule has 0 radical (unpaired) electrons. The van der Waals surface area contributed by atoms with E-state index < -0.39 is 0 Å². The average molecular weight is 297 g/mol. The van der Waals surface area contributed by atoms with Gasteiger partial charge in [0.25, 0.3) is 5.91 Å². The number of rotatable bonds is 4. The summed E-state index contributed by atoms with van der Waals surface area (Å²) >= 11 is 1.82. The molecule has 3 rings (SSSR count). The molecule has 0 atom stereocenters. The lowest BCUT2D eigenvalue weighted by Gasteiger charge is -2.15. The minimum atomic E-state index is 0.176. The summed E-state index contributed by atoms with van der Waals surface area (Å²) in [6.07, 6.45) is 2.27. The predicted molar refractivity (Wildman–Crippen MR) is 87.6 cm³/mol. The molecular formula is C18H19NOS. The van der Waals surface area contributed by atoms with Crippen molar-refractivity contribution in [3.63, 3.8) is 0 Å². The topological polar surface area (TPSA) is 20.3 Å². The standard InChI is InChI=1S/C18H19NOS/c20-18(19-12-4-5-13-19)16-10-8-15(9-11-16)14-21-17-6-2-1-3-7-17/h1-3,6-11H,4-5,12-14H2. The zero-order valence-electron chi connectivity index (χ0n) is 12.0. The first-order chi connectivity index (χ1) is 10.3. The zero-order valence-corrected chi connectivity index (χ0v) is 12.8. The van der Waals surface area contributed by atoms with Crippen molar-refractivity contribution in [3.05, 3.63) is 65.7 Å². The van der Waals surface area contributed by atoms with Gasteiger partial charge in [-0.1, -0.05) is 30.3 Å². The number of amides is 1. The fourth-order valence-electron chi connectivity index (χ4n) is 2.53. The molecule has 3 heteroatoms. The van der Waals surface area contributed by atoms with Crippen LogP contribution in [0.25, 0.3) is 0 Å². The highest BCUT2D eigenvalue weighted by molar-refractivity contribution is 7.98. The van der Waals surface area contributed by atoms with E-state index in [1.165, 1.54) is 10.5 Å². The number of thioether (sulfide) groups is 1. The van der Waals surface area contributed by atoms with Crippen LogP contribution in [-0.2, 0) is 5.75 Å². The quantitative estimate of drug-likeness (QED) is 0.788. The fourth-order valence-corrected chi connectivity index (χ4v) is 3.41. The Morgan fingerprint density at radius 1 is 0.952 bits per heavy atom. The first-order valence-corrected chi connectivity index (χ1v) is 8.37. The number of carbonyl (C=O) groups excluding carboxylic acids is 1. The summed E-state index contributed by atoms with van der Waals surface area (Å²) in [6.45, 7) is 1.81. The summed E-state index contributed by atoms with van der Waals surface area (Å²) in [5.74, 6) is 1.11. The van der Waals surface area contributed by atoms with Crippen LogP contribution in [-0.4, -0.2) is 23.9 Å². The molecule has 0 aliphatic carbocycles. The van der Waals surface area contributed by atoms with Crippen molar-refractivity contribution in [1.82, 2.24) is 4.90 Å². The third-order valence-corrected chi connectivity index (χ3v) is 4.83. The maximum absolute atomic E-state index is 12.3. The SMILES string of the molecule is O=C(c1ccc(CSc2ccccc2)cc1)N1CCCC1. The Kier molecular flexibility index (Phi) is 4.61. The molecule has 0 N–H and O–H groups in total. The summed E-state index contributed by atoms with van der Waals surface area (Å²) in [4.78, 5) is 15.5. The second-order valence-corrected chi connectivity index (χ2v) is 6.35. The maximum Gasteiger partial charge on any atom is 0.253 e. The van der Waals surface area contributed by atoms with Crippen molar-refractivity contribution < 1.29 is 4.79 Å². The Morgan fingerprint density at radius 3 is 2.29 bits per heavy atom. The second kappa shape index (κ2) is 6.81. The molecule has 0 spiro atoms. The van der Waals surface area contributed by atoms with Gasteiger partial charge in [0, 0.05) is 29.3 Å². The van der Waals surface area contributed by atoms with Gasteiger partial charge in [-0.2, -0.15) is 0 Å². The predicted octanol–water partition coefficient (Wildman–Crippen LogP) is 4.21. The lowest BCUT2D eigenvalue weighted by molar-refractivity contribution is 0.0793. The van der Waals surface area contributed by atoms with Crippen molar-refractivity contribution in [1.29, 1.82) is 0 Å². The number of hydrogen-bond acceptors (Lipinski definition) is 2. The lowest BCUT2D eigenvalue weighted by atomic mass is 10.1. The molecule has 0 bridgehead atoms. The van der Waals surface area contributed by atoms with Gasteiger partial charge in [0.1, 0.15) is 0 Å². The molecule has 2 aromatic rings. The van der Waals surface area contributed by atoms with Crippen molar-refractivity contribution in [2.45, 2.75) is 23.5 Å². The third kappa shape index (κ3) is 3.67. The number of carbonyl (C=O) groups is 1. The normalized spacial score (nSPS) is 14.4. The van der Waals surface area contributed by atoms with Crippen molar-refractivity contribution >= 4 is 17.7 Å². The molecule has 1 aliphatic rings. The smallest absolute Gasteiger partial charge is 0.253 e. The minimum Gasteiger partial charge on any atom is -0.339 e. The highest BCUT2D eigenvalue weighted by atomic mass is 32.2. The van der Waals surface area contributed by atoms with E-state index in [0.717, 1.165) is 37.2 Å². The van der Waals surface area contributed by atoms with Crippen LogP contribution in [0.4, 0.5) is 0 Å². The van der Waals surface area contributed by atoms with Crippen molar-refractivity contribution in [3.8, 4) is 0 Å². The van der Waals surface area contributed by atoms with E-state index in [1.807, 2.05) is 34.9 Å². The van der Waals surface area contributed by atoms with Crippen molar-refractivity contribution in [2.75, 3.05) is 13.1 Å². The second-order valence-electron chi connectivity index (χ2n) is 5.30. The first-order valence-electron chi connectivity index (χ1n) is 7.39. The molecule has 0 unspecified atom stereocenters. The largest absolute Gasteiger partial charge is 0.339 e. The van der Waals surface area contributed by atoms with E-state index >= 15 is 0 Å². The van der Waals surface area contributed by atoms with Gasteiger partial charge in [-0.15, -0.1) is 11.8 Å². The molecular weight excluding hydrogens is 278 g/mol. The third-order valence-electron chi connectivity index (χ3n) is 3.74. The molecule has 1 fully saturated rings. The number of nitrogens with zero attached hydrogens (tertiary/aromatic N) is 1. The molecule has 2 aromatic carbocycles.